The monoisotopic (exact) mass is 346 g/mol. The molecule has 0 spiro atoms. The fourth-order valence-electron chi connectivity index (χ4n) is 2.34. The zero-order chi connectivity index (χ0) is 18.4. The molecule has 2 atom stereocenters. The molecular formula is C19H22O6. The number of phenolic OH excluding ortho intramolecular Hbond substituents is 2. The highest BCUT2D eigenvalue weighted by atomic mass is 16.5. The van der Waals surface area contributed by atoms with E-state index in [2.05, 4.69) is 6.58 Å². The number of aliphatic hydroxyl groups excluding tert-OH is 2. The second-order valence-electron chi connectivity index (χ2n) is 5.59. The Kier molecular flexibility index (Phi) is 6.41. The predicted octanol–water partition coefficient (Wildman–Crippen LogP) is 2.66. The van der Waals surface area contributed by atoms with E-state index in [9.17, 15) is 20.4 Å². The van der Waals surface area contributed by atoms with Crippen LogP contribution in [-0.4, -0.2) is 40.2 Å². The number of phenols is 2. The number of allylic oxidation sites excluding steroid dienone is 1. The zero-order valence-corrected chi connectivity index (χ0v) is 13.9. The maximum absolute atomic E-state index is 10.1. The quantitative estimate of drug-likeness (QED) is 0.549. The molecule has 0 radical (unpaired) electrons. The summed E-state index contributed by atoms with van der Waals surface area (Å²) in [6, 6.07) is 9.17. The molecule has 6 nitrogen and oxygen atoms in total. The minimum Gasteiger partial charge on any atom is -0.504 e. The summed E-state index contributed by atoms with van der Waals surface area (Å²) in [7, 11) is 1.41. The SMILES string of the molecule is C=CCc1ccc(O)c(Oc2ccc([C@@H](O)[C@H](O)COC)cc2O)c1. The van der Waals surface area contributed by atoms with Gasteiger partial charge >= 0.3 is 0 Å². The van der Waals surface area contributed by atoms with Gasteiger partial charge in [0.25, 0.3) is 0 Å². The minimum absolute atomic E-state index is 0.0376. The Morgan fingerprint density at radius 3 is 2.44 bits per heavy atom. The van der Waals surface area contributed by atoms with E-state index in [4.69, 9.17) is 9.47 Å². The first-order valence-corrected chi connectivity index (χ1v) is 7.75. The topological polar surface area (TPSA) is 99.4 Å². The smallest absolute Gasteiger partial charge is 0.169 e. The van der Waals surface area contributed by atoms with E-state index >= 15 is 0 Å². The lowest BCUT2D eigenvalue weighted by molar-refractivity contribution is -0.0273. The van der Waals surface area contributed by atoms with Gasteiger partial charge in [-0.3, -0.25) is 0 Å². The van der Waals surface area contributed by atoms with Crippen LogP contribution >= 0.6 is 0 Å². The second kappa shape index (κ2) is 8.53. The second-order valence-corrected chi connectivity index (χ2v) is 5.59. The first-order valence-electron chi connectivity index (χ1n) is 7.75. The van der Waals surface area contributed by atoms with Crippen molar-refractivity contribution in [3.63, 3.8) is 0 Å². The van der Waals surface area contributed by atoms with E-state index in [1.54, 1.807) is 18.2 Å². The van der Waals surface area contributed by atoms with Gasteiger partial charge in [-0.25, -0.2) is 0 Å². The van der Waals surface area contributed by atoms with Gasteiger partial charge < -0.3 is 29.9 Å². The number of benzene rings is 2. The molecule has 0 aliphatic carbocycles. The maximum atomic E-state index is 10.1. The molecule has 2 aromatic carbocycles. The Bertz CT molecular complexity index is 728. The summed E-state index contributed by atoms with van der Waals surface area (Å²) in [5.74, 6) is 0.0205. The Hall–Kier alpha value is -2.54. The molecule has 4 N–H and O–H groups in total. The van der Waals surface area contributed by atoms with E-state index in [0.29, 0.717) is 12.0 Å². The Morgan fingerprint density at radius 1 is 1.04 bits per heavy atom. The van der Waals surface area contributed by atoms with Crippen molar-refractivity contribution in [2.75, 3.05) is 13.7 Å². The molecule has 0 aromatic heterocycles. The van der Waals surface area contributed by atoms with Crippen molar-refractivity contribution < 1.29 is 29.9 Å². The number of aromatic hydroxyl groups is 2. The molecule has 0 aliphatic heterocycles. The summed E-state index contributed by atoms with van der Waals surface area (Å²) in [6.07, 6.45) is 0.0281. The van der Waals surface area contributed by atoms with Gasteiger partial charge in [0.15, 0.2) is 23.0 Å². The molecule has 0 unspecified atom stereocenters. The van der Waals surface area contributed by atoms with Crippen molar-refractivity contribution in [3.05, 3.63) is 60.2 Å². The Morgan fingerprint density at radius 2 is 1.80 bits per heavy atom. The summed E-state index contributed by atoms with van der Waals surface area (Å²) in [4.78, 5) is 0. The molecule has 6 heteroatoms. The molecule has 0 aliphatic rings. The zero-order valence-electron chi connectivity index (χ0n) is 13.9. The Balaban J connectivity index is 2.21. The highest BCUT2D eigenvalue weighted by molar-refractivity contribution is 5.49. The van der Waals surface area contributed by atoms with Gasteiger partial charge in [0.1, 0.15) is 12.2 Å². The van der Waals surface area contributed by atoms with E-state index in [-0.39, 0.29) is 29.6 Å². The molecule has 0 bridgehead atoms. The highest BCUT2D eigenvalue weighted by Crippen LogP contribution is 2.37. The van der Waals surface area contributed by atoms with E-state index in [1.807, 2.05) is 0 Å². The third-order valence-corrected chi connectivity index (χ3v) is 3.65. The summed E-state index contributed by atoms with van der Waals surface area (Å²) in [5, 5.41) is 39.8. The fraction of sp³-hybridized carbons (Fsp3) is 0.263. The summed E-state index contributed by atoms with van der Waals surface area (Å²) in [5.41, 5.74) is 1.22. The van der Waals surface area contributed by atoms with Gasteiger partial charge in [-0.15, -0.1) is 6.58 Å². The molecule has 25 heavy (non-hydrogen) atoms. The van der Waals surface area contributed by atoms with Crippen LogP contribution in [-0.2, 0) is 11.2 Å². The molecule has 134 valence electrons. The molecule has 2 aromatic rings. The molecular weight excluding hydrogens is 324 g/mol. The van der Waals surface area contributed by atoms with Gasteiger partial charge in [0.05, 0.1) is 6.61 Å². The summed E-state index contributed by atoms with van der Waals surface area (Å²) in [6.45, 7) is 3.63. The van der Waals surface area contributed by atoms with Crippen LogP contribution in [0.3, 0.4) is 0 Å². The maximum Gasteiger partial charge on any atom is 0.169 e. The van der Waals surface area contributed by atoms with E-state index in [1.165, 1.54) is 31.4 Å². The molecule has 0 saturated carbocycles. The van der Waals surface area contributed by atoms with Crippen LogP contribution in [0.5, 0.6) is 23.0 Å². The van der Waals surface area contributed by atoms with E-state index in [0.717, 1.165) is 5.56 Å². The van der Waals surface area contributed by atoms with Gasteiger partial charge in [0.2, 0.25) is 0 Å². The van der Waals surface area contributed by atoms with Gasteiger partial charge in [-0.05, 0) is 41.8 Å². The minimum atomic E-state index is -1.20. The van der Waals surface area contributed by atoms with E-state index < -0.39 is 12.2 Å². The highest BCUT2D eigenvalue weighted by Gasteiger charge is 2.20. The largest absolute Gasteiger partial charge is 0.504 e. The van der Waals surface area contributed by atoms with Crippen molar-refractivity contribution in [2.45, 2.75) is 18.6 Å². The van der Waals surface area contributed by atoms with Crippen molar-refractivity contribution in [2.24, 2.45) is 0 Å². The average Bonchev–Trinajstić information content (AvgIpc) is 2.59. The number of hydrogen-bond donors (Lipinski definition) is 4. The fourth-order valence-corrected chi connectivity index (χ4v) is 2.34. The lowest BCUT2D eigenvalue weighted by Crippen LogP contribution is -2.23. The van der Waals surface area contributed by atoms with Crippen LogP contribution in [0.1, 0.15) is 17.2 Å². The van der Waals surface area contributed by atoms with Crippen molar-refractivity contribution in [1.29, 1.82) is 0 Å². The van der Waals surface area contributed by atoms with Gasteiger partial charge in [0, 0.05) is 7.11 Å². The molecule has 0 heterocycles. The normalized spacial score (nSPS) is 13.2. The third kappa shape index (κ3) is 4.73. The predicted molar refractivity (Wildman–Crippen MR) is 93.0 cm³/mol. The number of rotatable bonds is 8. The molecule has 2 rings (SSSR count). The Labute approximate surface area is 146 Å². The standard InChI is InChI=1S/C19H22O6/c1-3-4-12-5-7-14(20)18(9-12)25-17-8-6-13(10-15(17)21)19(23)16(22)11-24-2/h3,5-10,16,19-23H,1,4,11H2,2H3/t16-,19-/m1/s1. The van der Waals surface area contributed by atoms with Crippen molar-refractivity contribution in [3.8, 4) is 23.0 Å². The van der Waals surface area contributed by atoms with Crippen LogP contribution in [0.15, 0.2) is 49.1 Å². The first-order chi connectivity index (χ1) is 12.0. The van der Waals surface area contributed by atoms with Gasteiger partial charge in [-0.2, -0.15) is 0 Å². The number of methoxy groups -OCH3 is 1. The van der Waals surface area contributed by atoms with Crippen LogP contribution in [0.2, 0.25) is 0 Å². The van der Waals surface area contributed by atoms with Crippen molar-refractivity contribution in [1.82, 2.24) is 0 Å². The number of ether oxygens (including phenoxy) is 2. The number of aliphatic hydroxyl groups is 2. The lowest BCUT2D eigenvalue weighted by Gasteiger charge is -2.18. The average molecular weight is 346 g/mol. The summed E-state index contributed by atoms with van der Waals surface area (Å²) < 4.78 is 10.4. The molecule has 0 saturated heterocycles. The third-order valence-electron chi connectivity index (χ3n) is 3.65. The van der Waals surface area contributed by atoms with Gasteiger partial charge in [-0.1, -0.05) is 18.2 Å². The molecule has 0 fully saturated rings. The summed E-state index contributed by atoms with van der Waals surface area (Å²) >= 11 is 0. The van der Waals surface area contributed by atoms with Crippen LogP contribution < -0.4 is 4.74 Å². The van der Waals surface area contributed by atoms with Crippen molar-refractivity contribution >= 4 is 0 Å². The van der Waals surface area contributed by atoms with Crippen LogP contribution in [0.4, 0.5) is 0 Å². The van der Waals surface area contributed by atoms with Crippen LogP contribution in [0, 0.1) is 0 Å². The first kappa shape index (κ1) is 18.8. The molecule has 0 amide bonds. The lowest BCUT2D eigenvalue weighted by atomic mass is 10.0. The number of hydrogen-bond acceptors (Lipinski definition) is 6. The van der Waals surface area contributed by atoms with Crippen LogP contribution in [0.25, 0.3) is 0 Å².